The summed E-state index contributed by atoms with van der Waals surface area (Å²) in [7, 11) is 4.41. The maximum absolute atomic E-state index is 13.0. The van der Waals surface area contributed by atoms with E-state index in [1.165, 1.54) is 21.3 Å². The Morgan fingerprint density at radius 2 is 1.23 bits per heavy atom. The number of carbonyl (C=O) groups excluding carboxylic acids is 2. The van der Waals surface area contributed by atoms with Gasteiger partial charge in [-0.1, -0.05) is 30.3 Å². The number of aryl methyl sites for hydroxylation is 1. The van der Waals surface area contributed by atoms with Gasteiger partial charge in [0, 0.05) is 5.69 Å². The smallest absolute Gasteiger partial charge is 0.259 e. The number of ether oxygens (including phenoxy) is 3. The fourth-order valence-electron chi connectivity index (χ4n) is 3.16. The number of para-hydroxylation sites is 2. The van der Waals surface area contributed by atoms with Gasteiger partial charge in [-0.15, -0.1) is 0 Å². The number of carbonyl (C=O) groups is 2. The zero-order valence-corrected chi connectivity index (χ0v) is 17.8. The highest BCUT2D eigenvalue weighted by Gasteiger charge is 2.22. The summed E-state index contributed by atoms with van der Waals surface area (Å²) >= 11 is 0. The Kier molecular flexibility index (Phi) is 6.77. The summed E-state index contributed by atoms with van der Waals surface area (Å²) in [6.07, 6.45) is 0. The van der Waals surface area contributed by atoms with Gasteiger partial charge in [-0.3, -0.25) is 9.59 Å². The molecule has 0 unspecified atom stereocenters. The lowest BCUT2D eigenvalue weighted by Crippen LogP contribution is -2.19. The van der Waals surface area contributed by atoms with E-state index in [0.717, 1.165) is 5.56 Å². The summed E-state index contributed by atoms with van der Waals surface area (Å²) in [6, 6.07) is 17.5. The SMILES string of the molecule is COc1ccc(C(=O)Nc2ccccc2C(=O)Nc2ccccc2C)c(OC)c1OC. The predicted octanol–water partition coefficient (Wildman–Crippen LogP) is 4.53. The van der Waals surface area contributed by atoms with E-state index in [1.807, 2.05) is 31.2 Å². The summed E-state index contributed by atoms with van der Waals surface area (Å²) in [4.78, 5) is 25.9. The molecule has 0 bridgehead atoms. The van der Waals surface area contributed by atoms with Crippen molar-refractivity contribution in [2.24, 2.45) is 0 Å². The van der Waals surface area contributed by atoms with E-state index in [4.69, 9.17) is 14.2 Å². The minimum atomic E-state index is -0.450. The first-order valence-corrected chi connectivity index (χ1v) is 9.56. The molecule has 3 rings (SSSR count). The molecule has 3 aromatic carbocycles. The number of rotatable bonds is 7. The van der Waals surface area contributed by atoms with Crippen LogP contribution in [0.5, 0.6) is 17.2 Å². The fraction of sp³-hybridized carbons (Fsp3) is 0.167. The lowest BCUT2D eigenvalue weighted by Gasteiger charge is -2.16. The molecule has 2 N–H and O–H groups in total. The van der Waals surface area contributed by atoms with Gasteiger partial charge < -0.3 is 24.8 Å². The van der Waals surface area contributed by atoms with Gasteiger partial charge in [0.2, 0.25) is 5.75 Å². The molecular formula is C24H24N2O5. The number of hydrogen-bond acceptors (Lipinski definition) is 5. The quantitative estimate of drug-likeness (QED) is 0.587. The highest BCUT2D eigenvalue weighted by molar-refractivity contribution is 6.13. The van der Waals surface area contributed by atoms with Crippen LogP contribution in [-0.2, 0) is 0 Å². The molecule has 3 aromatic rings. The largest absolute Gasteiger partial charge is 0.493 e. The van der Waals surface area contributed by atoms with Gasteiger partial charge in [0.05, 0.1) is 38.1 Å². The van der Waals surface area contributed by atoms with Gasteiger partial charge >= 0.3 is 0 Å². The van der Waals surface area contributed by atoms with Crippen molar-refractivity contribution in [3.05, 3.63) is 77.4 Å². The molecule has 160 valence electrons. The minimum Gasteiger partial charge on any atom is -0.493 e. The first-order chi connectivity index (χ1) is 15.0. The Hall–Kier alpha value is -4.00. The van der Waals surface area contributed by atoms with Crippen LogP contribution in [0.15, 0.2) is 60.7 Å². The van der Waals surface area contributed by atoms with E-state index >= 15 is 0 Å². The van der Waals surface area contributed by atoms with Crippen LogP contribution in [0.2, 0.25) is 0 Å². The standard InChI is InChI=1S/C24H24N2O5/c1-15-9-5-7-11-18(15)25-23(27)16-10-6-8-12-19(16)26-24(28)17-13-14-20(29-2)22(31-4)21(17)30-3/h5-14H,1-4H3,(H,25,27)(H,26,28). The maximum atomic E-state index is 13.0. The van der Waals surface area contributed by atoms with Crippen LogP contribution in [-0.4, -0.2) is 33.1 Å². The van der Waals surface area contributed by atoms with Crippen molar-refractivity contribution in [3.8, 4) is 17.2 Å². The van der Waals surface area contributed by atoms with Crippen LogP contribution in [0.3, 0.4) is 0 Å². The van der Waals surface area contributed by atoms with Crippen LogP contribution in [0.25, 0.3) is 0 Å². The fourth-order valence-corrected chi connectivity index (χ4v) is 3.16. The summed E-state index contributed by atoms with van der Waals surface area (Å²) in [5, 5.41) is 5.68. The van der Waals surface area contributed by atoms with Gasteiger partial charge in [0.25, 0.3) is 11.8 Å². The molecule has 0 radical (unpaired) electrons. The average molecular weight is 420 g/mol. The van der Waals surface area contributed by atoms with E-state index in [2.05, 4.69) is 10.6 Å². The lowest BCUT2D eigenvalue weighted by atomic mass is 10.1. The monoisotopic (exact) mass is 420 g/mol. The predicted molar refractivity (Wildman–Crippen MR) is 120 cm³/mol. The van der Waals surface area contributed by atoms with Crippen molar-refractivity contribution in [1.29, 1.82) is 0 Å². The van der Waals surface area contributed by atoms with E-state index in [-0.39, 0.29) is 17.2 Å². The molecule has 0 saturated heterocycles. The van der Waals surface area contributed by atoms with E-state index in [1.54, 1.807) is 36.4 Å². The van der Waals surface area contributed by atoms with E-state index in [9.17, 15) is 9.59 Å². The van der Waals surface area contributed by atoms with Gasteiger partial charge in [-0.25, -0.2) is 0 Å². The third-order valence-electron chi connectivity index (χ3n) is 4.76. The molecule has 7 nitrogen and oxygen atoms in total. The lowest BCUT2D eigenvalue weighted by molar-refractivity contribution is 0.102. The van der Waals surface area contributed by atoms with E-state index in [0.29, 0.717) is 28.4 Å². The van der Waals surface area contributed by atoms with E-state index < -0.39 is 5.91 Å². The zero-order chi connectivity index (χ0) is 22.4. The third-order valence-corrected chi connectivity index (χ3v) is 4.76. The number of amides is 2. The number of anilines is 2. The molecule has 0 aliphatic carbocycles. The first kappa shape index (κ1) is 21.7. The Morgan fingerprint density at radius 3 is 1.87 bits per heavy atom. The number of hydrogen-bond donors (Lipinski definition) is 2. The second kappa shape index (κ2) is 9.67. The molecule has 0 atom stereocenters. The topological polar surface area (TPSA) is 85.9 Å². The highest BCUT2D eigenvalue weighted by Crippen LogP contribution is 2.40. The Balaban J connectivity index is 1.90. The highest BCUT2D eigenvalue weighted by atomic mass is 16.5. The van der Waals surface area contributed by atoms with Crippen LogP contribution >= 0.6 is 0 Å². The van der Waals surface area contributed by atoms with Gasteiger partial charge in [-0.2, -0.15) is 0 Å². The third kappa shape index (κ3) is 4.61. The van der Waals surface area contributed by atoms with Crippen molar-refractivity contribution >= 4 is 23.2 Å². The van der Waals surface area contributed by atoms with Gasteiger partial charge in [-0.05, 0) is 42.8 Å². The number of nitrogens with one attached hydrogen (secondary N) is 2. The second-order valence-electron chi connectivity index (χ2n) is 6.65. The number of benzene rings is 3. The van der Waals surface area contributed by atoms with Crippen LogP contribution in [0.1, 0.15) is 26.3 Å². The maximum Gasteiger partial charge on any atom is 0.259 e. The molecule has 0 fully saturated rings. The Bertz CT molecular complexity index is 1110. The van der Waals surface area contributed by atoms with Crippen LogP contribution < -0.4 is 24.8 Å². The minimum absolute atomic E-state index is 0.237. The summed E-state index contributed by atoms with van der Waals surface area (Å²) in [5.41, 5.74) is 2.59. The molecule has 2 amide bonds. The van der Waals surface area contributed by atoms with Crippen LogP contribution in [0, 0.1) is 6.92 Å². The molecule has 0 aliphatic heterocycles. The van der Waals surface area contributed by atoms with Crippen molar-refractivity contribution in [3.63, 3.8) is 0 Å². The Morgan fingerprint density at radius 1 is 0.645 bits per heavy atom. The molecular weight excluding hydrogens is 396 g/mol. The normalized spacial score (nSPS) is 10.2. The van der Waals surface area contributed by atoms with Crippen molar-refractivity contribution in [1.82, 2.24) is 0 Å². The Labute approximate surface area is 180 Å². The number of methoxy groups -OCH3 is 3. The molecule has 0 aromatic heterocycles. The molecule has 0 heterocycles. The molecule has 0 aliphatic rings. The molecule has 0 spiro atoms. The van der Waals surface area contributed by atoms with Crippen molar-refractivity contribution < 1.29 is 23.8 Å². The summed E-state index contributed by atoms with van der Waals surface area (Å²) < 4.78 is 16.0. The molecule has 7 heteroatoms. The summed E-state index contributed by atoms with van der Waals surface area (Å²) in [6.45, 7) is 1.91. The van der Waals surface area contributed by atoms with Gasteiger partial charge in [0.1, 0.15) is 0 Å². The molecule has 0 saturated carbocycles. The van der Waals surface area contributed by atoms with Crippen LogP contribution in [0.4, 0.5) is 11.4 Å². The average Bonchev–Trinajstić information content (AvgIpc) is 2.79. The van der Waals surface area contributed by atoms with Gasteiger partial charge in [0.15, 0.2) is 11.5 Å². The van der Waals surface area contributed by atoms with Crippen molar-refractivity contribution in [2.75, 3.05) is 32.0 Å². The summed E-state index contributed by atoms with van der Waals surface area (Å²) in [5.74, 6) is 0.205. The molecule has 31 heavy (non-hydrogen) atoms. The van der Waals surface area contributed by atoms with Crippen molar-refractivity contribution in [2.45, 2.75) is 6.92 Å². The first-order valence-electron chi connectivity index (χ1n) is 9.56. The zero-order valence-electron chi connectivity index (χ0n) is 17.8. The second-order valence-corrected chi connectivity index (χ2v) is 6.65.